The number of nitrogens with zero attached hydrogens (tertiary/aromatic N) is 1. The molecule has 114 valence electrons. The first-order chi connectivity index (χ1) is 9.97. The fourth-order valence-corrected chi connectivity index (χ4v) is 2.79. The molecule has 0 saturated carbocycles. The zero-order chi connectivity index (χ0) is 15.4. The molecule has 1 fully saturated rings. The van der Waals surface area contributed by atoms with Crippen LogP contribution in [0.2, 0.25) is 5.02 Å². The maximum Gasteiger partial charge on any atom is 0.225 e. The fraction of sp³-hybridized carbons (Fsp3) is 0.500. The van der Waals surface area contributed by atoms with Crippen LogP contribution in [0, 0.1) is 5.92 Å². The standard InChI is InChI=1S/C16H21ClN2O2/c1-11(2)19-10-13(9-15(19)20)16(21)18-7-6-12-4-3-5-14(17)8-12/h3-5,8,11,13H,6-7,9-10H2,1-2H3,(H,18,21)/t13-/m0/s1. The number of benzene rings is 1. The van der Waals surface area contributed by atoms with Crippen molar-refractivity contribution in [3.05, 3.63) is 34.9 Å². The lowest BCUT2D eigenvalue weighted by Gasteiger charge is -2.20. The van der Waals surface area contributed by atoms with E-state index in [0.717, 1.165) is 12.0 Å². The predicted octanol–water partition coefficient (Wildman–Crippen LogP) is 2.26. The number of amides is 2. The summed E-state index contributed by atoms with van der Waals surface area (Å²) in [5, 5.41) is 3.61. The lowest BCUT2D eigenvalue weighted by molar-refractivity contribution is -0.129. The largest absolute Gasteiger partial charge is 0.355 e. The smallest absolute Gasteiger partial charge is 0.225 e. The number of halogens is 1. The Morgan fingerprint density at radius 1 is 1.48 bits per heavy atom. The quantitative estimate of drug-likeness (QED) is 0.907. The molecule has 1 aliphatic rings. The molecule has 0 aromatic heterocycles. The Labute approximate surface area is 130 Å². The third-order valence-electron chi connectivity index (χ3n) is 3.75. The van der Waals surface area contributed by atoms with Crippen LogP contribution in [0.1, 0.15) is 25.8 Å². The molecule has 0 aliphatic carbocycles. The summed E-state index contributed by atoms with van der Waals surface area (Å²) in [6.45, 7) is 5.03. The van der Waals surface area contributed by atoms with Gasteiger partial charge in [0.05, 0.1) is 5.92 Å². The Balaban J connectivity index is 1.79. The van der Waals surface area contributed by atoms with Crippen LogP contribution in [-0.2, 0) is 16.0 Å². The van der Waals surface area contributed by atoms with Gasteiger partial charge in [-0.05, 0) is 38.0 Å². The predicted molar refractivity (Wildman–Crippen MR) is 83.1 cm³/mol. The minimum Gasteiger partial charge on any atom is -0.355 e. The summed E-state index contributed by atoms with van der Waals surface area (Å²) in [6, 6.07) is 7.76. The van der Waals surface area contributed by atoms with Gasteiger partial charge in [0.25, 0.3) is 0 Å². The topological polar surface area (TPSA) is 49.4 Å². The molecule has 2 amide bonds. The molecule has 1 N–H and O–H groups in total. The highest BCUT2D eigenvalue weighted by Gasteiger charge is 2.35. The summed E-state index contributed by atoms with van der Waals surface area (Å²) >= 11 is 5.92. The molecule has 0 spiro atoms. The van der Waals surface area contributed by atoms with Crippen LogP contribution < -0.4 is 5.32 Å². The highest BCUT2D eigenvalue weighted by Crippen LogP contribution is 2.20. The van der Waals surface area contributed by atoms with Gasteiger partial charge in [0, 0.05) is 30.6 Å². The zero-order valence-electron chi connectivity index (χ0n) is 12.4. The molecular weight excluding hydrogens is 288 g/mol. The van der Waals surface area contributed by atoms with Crippen molar-refractivity contribution in [2.24, 2.45) is 5.92 Å². The number of nitrogens with one attached hydrogen (secondary N) is 1. The first-order valence-electron chi connectivity index (χ1n) is 7.29. The molecule has 5 heteroatoms. The van der Waals surface area contributed by atoms with Crippen LogP contribution in [-0.4, -0.2) is 35.8 Å². The van der Waals surface area contributed by atoms with Gasteiger partial charge in [-0.25, -0.2) is 0 Å². The summed E-state index contributed by atoms with van der Waals surface area (Å²) in [5.41, 5.74) is 1.09. The average Bonchev–Trinajstić information content (AvgIpc) is 2.81. The van der Waals surface area contributed by atoms with E-state index in [4.69, 9.17) is 11.6 Å². The number of carbonyl (C=O) groups excluding carboxylic acids is 2. The fourth-order valence-electron chi connectivity index (χ4n) is 2.57. The molecule has 1 aliphatic heterocycles. The van der Waals surface area contributed by atoms with E-state index in [1.54, 1.807) is 4.90 Å². The van der Waals surface area contributed by atoms with E-state index in [-0.39, 0.29) is 23.8 Å². The number of likely N-dealkylation sites (tertiary alicyclic amines) is 1. The molecule has 1 aromatic rings. The van der Waals surface area contributed by atoms with E-state index in [1.807, 2.05) is 38.1 Å². The van der Waals surface area contributed by atoms with Crippen molar-refractivity contribution in [2.45, 2.75) is 32.7 Å². The summed E-state index contributed by atoms with van der Waals surface area (Å²) in [5.74, 6) is -0.187. The minimum absolute atomic E-state index is 0.0338. The summed E-state index contributed by atoms with van der Waals surface area (Å²) in [6.07, 6.45) is 1.06. The molecule has 4 nitrogen and oxygen atoms in total. The lowest BCUT2D eigenvalue weighted by Crippen LogP contribution is -2.36. The molecule has 1 atom stereocenters. The van der Waals surface area contributed by atoms with Crippen LogP contribution >= 0.6 is 11.6 Å². The molecule has 0 bridgehead atoms. The van der Waals surface area contributed by atoms with Crippen molar-refractivity contribution < 1.29 is 9.59 Å². The summed E-state index contributed by atoms with van der Waals surface area (Å²) in [4.78, 5) is 25.7. The highest BCUT2D eigenvalue weighted by atomic mass is 35.5. The number of hydrogen-bond acceptors (Lipinski definition) is 2. The van der Waals surface area contributed by atoms with E-state index in [2.05, 4.69) is 5.32 Å². The molecule has 0 unspecified atom stereocenters. The Hall–Kier alpha value is -1.55. The number of hydrogen-bond donors (Lipinski definition) is 1. The van der Waals surface area contributed by atoms with Crippen LogP contribution in [0.15, 0.2) is 24.3 Å². The van der Waals surface area contributed by atoms with E-state index in [9.17, 15) is 9.59 Å². The van der Waals surface area contributed by atoms with Crippen LogP contribution in [0.25, 0.3) is 0 Å². The van der Waals surface area contributed by atoms with Crippen molar-refractivity contribution in [1.29, 1.82) is 0 Å². The molecule has 21 heavy (non-hydrogen) atoms. The number of rotatable bonds is 5. The van der Waals surface area contributed by atoms with E-state index >= 15 is 0 Å². The van der Waals surface area contributed by atoms with Gasteiger partial charge in [0.2, 0.25) is 11.8 Å². The molecule has 1 aromatic carbocycles. The van der Waals surface area contributed by atoms with Crippen molar-refractivity contribution >= 4 is 23.4 Å². The third kappa shape index (κ3) is 4.21. The van der Waals surface area contributed by atoms with Crippen LogP contribution in [0.5, 0.6) is 0 Å². The Morgan fingerprint density at radius 2 is 2.24 bits per heavy atom. The van der Waals surface area contributed by atoms with Gasteiger partial charge >= 0.3 is 0 Å². The second-order valence-corrected chi connectivity index (χ2v) is 6.15. The Morgan fingerprint density at radius 3 is 2.86 bits per heavy atom. The molecular formula is C16H21ClN2O2. The zero-order valence-corrected chi connectivity index (χ0v) is 13.2. The molecule has 2 rings (SSSR count). The van der Waals surface area contributed by atoms with Crippen molar-refractivity contribution in [1.82, 2.24) is 10.2 Å². The van der Waals surface area contributed by atoms with Crippen LogP contribution in [0.4, 0.5) is 0 Å². The number of carbonyl (C=O) groups is 2. The molecule has 1 heterocycles. The van der Waals surface area contributed by atoms with Gasteiger partial charge in [-0.2, -0.15) is 0 Å². The van der Waals surface area contributed by atoms with Gasteiger partial charge in [0.1, 0.15) is 0 Å². The monoisotopic (exact) mass is 308 g/mol. The molecule has 1 saturated heterocycles. The Kier molecular flexibility index (Phi) is 5.23. The van der Waals surface area contributed by atoms with Gasteiger partial charge in [-0.1, -0.05) is 23.7 Å². The van der Waals surface area contributed by atoms with E-state index < -0.39 is 0 Å². The maximum atomic E-state index is 12.1. The van der Waals surface area contributed by atoms with E-state index in [1.165, 1.54) is 0 Å². The first-order valence-corrected chi connectivity index (χ1v) is 7.67. The van der Waals surface area contributed by atoms with Gasteiger partial charge < -0.3 is 10.2 Å². The lowest BCUT2D eigenvalue weighted by atomic mass is 10.1. The second kappa shape index (κ2) is 6.94. The first kappa shape index (κ1) is 15.8. The van der Waals surface area contributed by atoms with Gasteiger partial charge in [0.15, 0.2) is 0 Å². The van der Waals surface area contributed by atoms with Crippen molar-refractivity contribution in [2.75, 3.05) is 13.1 Å². The van der Waals surface area contributed by atoms with Crippen molar-refractivity contribution in [3.8, 4) is 0 Å². The SMILES string of the molecule is CC(C)N1C[C@@H](C(=O)NCCc2cccc(Cl)c2)CC1=O. The van der Waals surface area contributed by atoms with E-state index in [0.29, 0.717) is 24.5 Å². The third-order valence-corrected chi connectivity index (χ3v) is 3.99. The average molecular weight is 309 g/mol. The summed E-state index contributed by atoms with van der Waals surface area (Å²) < 4.78 is 0. The molecule has 0 radical (unpaired) electrons. The summed E-state index contributed by atoms with van der Waals surface area (Å²) in [7, 11) is 0. The van der Waals surface area contributed by atoms with Crippen LogP contribution in [0.3, 0.4) is 0 Å². The van der Waals surface area contributed by atoms with Gasteiger partial charge in [-0.15, -0.1) is 0 Å². The second-order valence-electron chi connectivity index (χ2n) is 5.71. The van der Waals surface area contributed by atoms with Gasteiger partial charge in [-0.3, -0.25) is 9.59 Å². The Bertz CT molecular complexity index is 531. The minimum atomic E-state index is -0.223. The van der Waals surface area contributed by atoms with Crippen molar-refractivity contribution in [3.63, 3.8) is 0 Å². The highest BCUT2D eigenvalue weighted by molar-refractivity contribution is 6.30. The maximum absolute atomic E-state index is 12.1. The normalized spacial score (nSPS) is 18.4.